The van der Waals surface area contributed by atoms with Crippen LogP contribution in [-0.4, -0.2) is 18.2 Å². The minimum atomic E-state index is 0. The van der Waals surface area contributed by atoms with Crippen molar-refractivity contribution in [1.82, 2.24) is 5.06 Å². The Labute approximate surface area is 97.6 Å². The van der Waals surface area contributed by atoms with E-state index in [1.54, 1.807) is 0 Å². The molecule has 2 nitrogen and oxygen atoms in total. The number of piperidine rings is 1. The molecule has 15 heavy (non-hydrogen) atoms. The van der Waals surface area contributed by atoms with Crippen LogP contribution in [0, 0.1) is 6.92 Å². The molecule has 0 amide bonds. The maximum Gasteiger partial charge on any atom is 0.147 e. The molecule has 0 unspecified atom stereocenters. The van der Waals surface area contributed by atoms with Crippen molar-refractivity contribution in [3.8, 4) is 5.75 Å². The molecule has 0 aliphatic carbocycles. The zero-order chi connectivity index (χ0) is 9.80. The predicted octanol–water partition coefficient (Wildman–Crippen LogP) is 3.20. The van der Waals surface area contributed by atoms with Crippen molar-refractivity contribution in [2.75, 3.05) is 13.1 Å². The summed E-state index contributed by atoms with van der Waals surface area (Å²) in [5.74, 6) is 0.956. The van der Waals surface area contributed by atoms with Crippen LogP contribution in [0.5, 0.6) is 5.75 Å². The maximum absolute atomic E-state index is 5.74. The Morgan fingerprint density at radius 3 is 2.20 bits per heavy atom. The van der Waals surface area contributed by atoms with Crippen LogP contribution in [0.2, 0.25) is 0 Å². The van der Waals surface area contributed by atoms with Gasteiger partial charge in [0.25, 0.3) is 0 Å². The molecule has 1 heterocycles. The lowest BCUT2D eigenvalue weighted by molar-refractivity contribution is -0.0720. The quantitative estimate of drug-likeness (QED) is 0.770. The largest absolute Gasteiger partial charge is 0.406 e. The molecule has 1 aromatic carbocycles. The van der Waals surface area contributed by atoms with Crippen molar-refractivity contribution in [3.63, 3.8) is 0 Å². The molecule has 1 aromatic rings. The fourth-order valence-corrected chi connectivity index (χ4v) is 1.70. The molecular weight excluding hydrogens is 210 g/mol. The van der Waals surface area contributed by atoms with Gasteiger partial charge in [0.1, 0.15) is 5.75 Å². The van der Waals surface area contributed by atoms with Gasteiger partial charge in [-0.3, -0.25) is 0 Å². The SMILES string of the molecule is Cc1ccc(ON2CCCCC2)cc1.Cl. The summed E-state index contributed by atoms with van der Waals surface area (Å²) in [5, 5.41) is 2.06. The average Bonchev–Trinajstić information content (AvgIpc) is 2.23. The summed E-state index contributed by atoms with van der Waals surface area (Å²) >= 11 is 0. The van der Waals surface area contributed by atoms with Crippen LogP contribution in [0.3, 0.4) is 0 Å². The number of aryl methyl sites for hydroxylation is 1. The number of nitrogens with zero attached hydrogens (tertiary/aromatic N) is 1. The third kappa shape index (κ3) is 3.73. The molecule has 84 valence electrons. The molecule has 0 aromatic heterocycles. The Hall–Kier alpha value is -0.730. The van der Waals surface area contributed by atoms with Gasteiger partial charge < -0.3 is 4.84 Å². The van der Waals surface area contributed by atoms with Gasteiger partial charge in [0.2, 0.25) is 0 Å². The summed E-state index contributed by atoms with van der Waals surface area (Å²) in [5.41, 5.74) is 1.27. The van der Waals surface area contributed by atoms with Crippen molar-refractivity contribution in [3.05, 3.63) is 29.8 Å². The zero-order valence-corrected chi connectivity index (χ0v) is 9.93. The standard InChI is InChI=1S/C12H17NO.ClH/c1-11-5-7-12(8-6-11)14-13-9-3-2-4-10-13;/h5-8H,2-4,9-10H2,1H3;1H. The lowest BCUT2D eigenvalue weighted by Crippen LogP contribution is -2.32. The van der Waals surface area contributed by atoms with Gasteiger partial charge in [0.15, 0.2) is 0 Å². The second-order valence-electron chi connectivity index (χ2n) is 3.89. The predicted molar refractivity (Wildman–Crippen MR) is 64.5 cm³/mol. The van der Waals surface area contributed by atoms with Gasteiger partial charge in [0, 0.05) is 13.1 Å². The fraction of sp³-hybridized carbons (Fsp3) is 0.500. The molecule has 3 heteroatoms. The van der Waals surface area contributed by atoms with Crippen LogP contribution < -0.4 is 4.84 Å². The van der Waals surface area contributed by atoms with Crippen molar-refractivity contribution < 1.29 is 4.84 Å². The van der Waals surface area contributed by atoms with Crippen LogP contribution in [0.1, 0.15) is 24.8 Å². The minimum absolute atomic E-state index is 0. The third-order valence-corrected chi connectivity index (χ3v) is 2.57. The summed E-state index contributed by atoms with van der Waals surface area (Å²) in [7, 11) is 0. The number of hydroxylamine groups is 2. The highest BCUT2D eigenvalue weighted by molar-refractivity contribution is 5.85. The molecule has 1 fully saturated rings. The number of benzene rings is 1. The zero-order valence-electron chi connectivity index (χ0n) is 9.11. The van der Waals surface area contributed by atoms with Gasteiger partial charge in [0.05, 0.1) is 0 Å². The highest BCUT2D eigenvalue weighted by Crippen LogP contribution is 2.16. The lowest BCUT2D eigenvalue weighted by atomic mass is 10.2. The first kappa shape index (κ1) is 12.3. The van der Waals surface area contributed by atoms with E-state index in [4.69, 9.17) is 4.84 Å². The molecule has 0 bridgehead atoms. The van der Waals surface area contributed by atoms with E-state index in [0.717, 1.165) is 18.8 Å². The first-order valence-corrected chi connectivity index (χ1v) is 5.34. The summed E-state index contributed by atoms with van der Waals surface area (Å²) in [6, 6.07) is 8.23. The minimum Gasteiger partial charge on any atom is -0.406 e. The van der Waals surface area contributed by atoms with E-state index in [9.17, 15) is 0 Å². The van der Waals surface area contributed by atoms with Gasteiger partial charge in [-0.15, -0.1) is 17.5 Å². The van der Waals surface area contributed by atoms with Crippen molar-refractivity contribution in [2.45, 2.75) is 26.2 Å². The van der Waals surface area contributed by atoms with E-state index in [-0.39, 0.29) is 12.4 Å². The normalized spacial score (nSPS) is 16.9. The van der Waals surface area contributed by atoms with Gasteiger partial charge in [-0.2, -0.15) is 0 Å². The van der Waals surface area contributed by atoms with Crippen LogP contribution in [0.15, 0.2) is 24.3 Å². The summed E-state index contributed by atoms with van der Waals surface area (Å²) in [6.07, 6.45) is 3.85. The van der Waals surface area contributed by atoms with E-state index in [0.29, 0.717) is 0 Å². The van der Waals surface area contributed by atoms with Crippen LogP contribution in [0.25, 0.3) is 0 Å². The Kier molecular flexibility index (Phi) is 4.92. The van der Waals surface area contributed by atoms with E-state index in [1.165, 1.54) is 24.8 Å². The van der Waals surface area contributed by atoms with Crippen molar-refractivity contribution in [1.29, 1.82) is 0 Å². The molecule has 0 radical (unpaired) electrons. The molecule has 0 N–H and O–H groups in total. The van der Waals surface area contributed by atoms with E-state index in [2.05, 4.69) is 24.1 Å². The first-order chi connectivity index (χ1) is 6.84. The van der Waals surface area contributed by atoms with Gasteiger partial charge >= 0.3 is 0 Å². The summed E-state index contributed by atoms with van der Waals surface area (Å²) < 4.78 is 0. The van der Waals surface area contributed by atoms with Crippen LogP contribution >= 0.6 is 12.4 Å². The molecule has 0 spiro atoms. The van der Waals surface area contributed by atoms with Gasteiger partial charge in [-0.05, 0) is 31.9 Å². The van der Waals surface area contributed by atoms with Crippen LogP contribution in [0.4, 0.5) is 0 Å². The number of halogens is 1. The van der Waals surface area contributed by atoms with Crippen molar-refractivity contribution in [2.24, 2.45) is 0 Å². The molecule has 0 atom stereocenters. The first-order valence-electron chi connectivity index (χ1n) is 5.34. The second kappa shape index (κ2) is 5.99. The van der Waals surface area contributed by atoms with Crippen molar-refractivity contribution >= 4 is 12.4 Å². The van der Waals surface area contributed by atoms with Gasteiger partial charge in [-0.1, -0.05) is 24.1 Å². The number of rotatable bonds is 2. The molecule has 1 aliphatic heterocycles. The third-order valence-electron chi connectivity index (χ3n) is 2.57. The Balaban J connectivity index is 0.00000112. The van der Waals surface area contributed by atoms with Crippen LogP contribution in [-0.2, 0) is 0 Å². The smallest absolute Gasteiger partial charge is 0.147 e. The molecule has 0 saturated carbocycles. The lowest BCUT2D eigenvalue weighted by Gasteiger charge is -2.25. The van der Waals surface area contributed by atoms with Gasteiger partial charge in [-0.25, -0.2) is 0 Å². The second-order valence-corrected chi connectivity index (χ2v) is 3.89. The maximum atomic E-state index is 5.74. The summed E-state index contributed by atoms with van der Waals surface area (Å²) in [4.78, 5) is 5.74. The number of hydrogen-bond acceptors (Lipinski definition) is 2. The topological polar surface area (TPSA) is 12.5 Å². The fourth-order valence-electron chi connectivity index (χ4n) is 1.70. The number of hydrogen-bond donors (Lipinski definition) is 0. The van der Waals surface area contributed by atoms with E-state index < -0.39 is 0 Å². The average molecular weight is 228 g/mol. The Bertz CT molecular complexity index is 280. The highest BCUT2D eigenvalue weighted by atomic mass is 35.5. The molecule has 2 rings (SSSR count). The Morgan fingerprint density at radius 1 is 1.00 bits per heavy atom. The van der Waals surface area contributed by atoms with E-state index in [1.807, 2.05) is 12.1 Å². The summed E-state index contributed by atoms with van der Waals surface area (Å²) in [6.45, 7) is 4.21. The Morgan fingerprint density at radius 2 is 1.60 bits per heavy atom. The molecule has 1 saturated heterocycles. The van der Waals surface area contributed by atoms with E-state index >= 15 is 0 Å². The molecular formula is C12H18ClNO. The highest BCUT2D eigenvalue weighted by Gasteiger charge is 2.10. The monoisotopic (exact) mass is 227 g/mol. The molecule has 1 aliphatic rings.